The summed E-state index contributed by atoms with van der Waals surface area (Å²) < 4.78 is 0. The van der Waals surface area contributed by atoms with Gasteiger partial charge in [0.2, 0.25) is 0 Å². The smallest absolute Gasteiger partial charge is 0.273 e. The summed E-state index contributed by atoms with van der Waals surface area (Å²) in [7, 11) is 0. The molecular formula is C17H15Cl3N4O3. The summed E-state index contributed by atoms with van der Waals surface area (Å²) in [5, 5.41) is 21.9. The number of imidazole rings is 1. The van der Waals surface area contributed by atoms with Crippen LogP contribution in [0.3, 0.4) is 0 Å². The minimum absolute atomic E-state index is 0. The van der Waals surface area contributed by atoms with E-state index in [1.165, 1.54) is 12.1 Å². The lowest BCUT2D eigenvalue weighted by molar-refractivity contribution is -0.530. The first kappa shape index (κ1) is 20.8. The lowest BCUT2D eigenvalue weighted by atomic mass is 10.0. The number of phenolic OH excluding ortho intramolecular Hbond substituents is 1. The molecule has 27 heavy (non-hydrogen) atoms. The fraction of sp³-hybridized carbons (Fsp3) is 0.118. The zero-order valence-electron chi connectivity index (χ0n) is 13.7. The van der Waals surface area contributed by atoms with Crippen LogP contribution in [0.1, 0.15) is 17.4 Å². The molecular weight excluding hydrogens is 415 g/mol. The molecule has 0 aliphatic rings. The van der Waals surface area contributed by atoms with Crippen LogP contribution in [0.5, 0.6) is 5.75 Å². The highest BCUT2D eigenvalue weighted by molar-refractivity contribution is 6.36. The Bertz CT molecular complexity index is 978. The van der Waals surface area contributed by atoms with Crippen LogP contribution in [0.25, 0.3) is 11.3 Å². The number of H-pyrrole nitrogens is 1. The molecule has 0 spiro atoms. The summed E-state index contributed by atoms with van der Waals surface area (Å²) in [5.74, 6) is 0.131. The molecule has 1 atom stereocenters. The Labute approximate surface area is 170 Å². The zero-order valence-corrected chi connectivity index (χ0v) is 16.1. The minimum atomic E-state index is -1.10. The molecule has 142 valence electrons. The molecule has 0 saturated heterocycles. The number of nitrogens with zero attached hydrogens (tertiary/aromatic N) is 2. The van der Waals surface area contributed by atoms with Crippen molar-refractivity contribution in [1.82, 2.24) is 9.97 Å². The average Bonchev–Trinajstić information content (AvgIpc) is 3.04. The molecule has 3 aromatic rings. The summed E-state index contributed by atoms with van der Waals surface area (Å²) in [6.45, 7) is 0. The second-order valence-electron chi connectivity index (χ2n) is 5.69. The van der Waals surface area contributed by atoms with Crippen molar-refractivity contribution in [1.29, 1.82) is 0 Å². The van der Waals surface area contributed by atoms with Gasteiger partial charge in [0.1, 0.15) is 5.75 Å². The van der Waals surface area contributed by atoms with Crippen LogP contribution < -0.4 is 5.73 Å². The quantitative estimate of drug-likeness (QED) is 0.236. The maximum Gasteiger partial charge on any atom is 0.273 e. The van der Waals surface area contributed by atoms with Crippen molar-refractivity contribution < 1.29 is 10.0 Å². The first-order valence-corrected chi connectivity index (χ1v) is 8.32. The highest BCUT2D eigenvalue weighted by Gasteiger charge is 2.27. The van der Waals surface area contributed by atoms with Gasteiger partial charge < -0.3 is 15.8 Å². The van der Waals surface area contributed by atoms with Crippen LogP contribution in [0.15, 0.2) is 42.6 Å². The van der Waals surface area contributed by atoms with Gasteiger partial charge in [0.15, 0.2) is 5.82 Å². The number of nitrogens with one attached hydrogen (secondary N) is 1. The summed E-state index contributed by atoms with van der Waals surface area (Å²) in [6, 6.07) is 8.35. The molecule has 1 heterocycles. The topological polar surface area (TPSA) is 118 Å². The summed E-state index contributed by atoms with van der Waals surface area (Å²) >= 11 is 12.1. The zero-order chi connectivity index (χ0) is 18.8. The Morgan fingerprint density at radius 1 is 1.26 bits per heavy atom. The number of hydrogen-bond acceptors (Lipinski definition) is 5. The standard InChI is InChI=1S/C17H14Cl2N4O3.ClH/c18-10-2-3-11(12(19)7-10)14-8-21-17(22-14)15(23(25)26)6-9-1-4-16(24)13(20)5-9;/h1-5,7-8,15,24H,6,20H2,(H,21,22);1H/t15-;/m0./s1. The van der Waals surface area contributed by atoms with E-state index in [1.807, 2.05) is 0 Å². The van der Waals surface area contributed by atoms with E-state index in [9.17, 15) is 15.2 Å². The number of nitro groups is 1. The Morgan fingerprint density at radius 3 is 2.63 bits per heavy atom. The van der Waals surface area contributed by atoms with E-state index >= 15 is 0 Å². The lowest BCUT2D eigenvalue weighted by Crippen LogP contribution is -2.15. The number of benzene rings is 2. The predicted octanol–water partition coefficient (Wildman–Crippen LogP) is 4.65. The fourth-order valence-corrected chi connectivity index (χ4v) is 3.07. The van der Waals surface area contributed by atoms with Crippen molar-refractivity contribution in [2.24, 2.45) is 0 Å². The van der Waals surface area contributed by atoms with Gasteiger partial charge in [-0.2, -0.15) is 0 Å². The van der Waals surface area contributed by atoms with E-state index in [0.717, 1.165) is 0 Å². The molecule has 0 bridgehead atoms. The SMILES string of the molecule is Cl.Nc1cc(C[C@@H](c2nc(-c3ccc(Cl)cc3Cl)c[nH]2)[N+](=O)[O-])ccc1O. The summed E-state index contributed by atoms with van der Waals surface area (Å²) in [6.07, 6.45) is 1.63. The molecule has 0 aliphatic heterocycles. The number of anilines is 1. The molecule has 0 unspecified atom stereocenters. The Hall–Kier alpha value is -2.48. The van der Waals surface area contributed by atoms with Gasteiger partial charge in [0.25, 0.3) is 6.04 Å². The second kappa shape index (κ2) is 8.47. The third-order valence-corrected chi connectivity index (χ3v) is 4.44. The van der Waals surface area contributed by atoms with Gasteiger partial charge in [-0.3, -0.25) is 10.1 Å². The second-order valence-corrected chi connectivity index (χ2v) is 6.54. The fourth-order valence-electron chi connectivity index (χ4n) is 2.57. The Kier molecular flexibility index (Phi) is 6.54. The van der Waals surface area contributed by atoms with Crippen LogP contribution >= 0.6 is 35.6 Å². The molecule has 0 fully saturated rings. The summed E-state index contributed by atoms with van der Waals surface area (Å²) in [5.41, 5.74) is 7.54. The third-order valence-electron chi connectivity index (χ3n) is 3.90. The van der Waals surface area contributed by atoms with Crippen LogP contribution in [-0.2, 0) is 6.42 Å². The van der Waals surface area contributed by atoms with Gasteiger partial charge in [-0.15, -0.1) is 12.4 Å². The Morgan fingerprint density at radius 2 is 2.00 bits per heavy atom. The maximum atomic E-state index is 11.5. The van der Waals surface area contributed by atoms with Crippen molar-refractivity contribution in [2.75, 3.05) is 5.73 Å². The lowest BCUT2D eigenvalue weighted by Gasteiger charge is -2.08. The number of aromatic nitrogens is 2. The number of nitrogen functional groups attached to an aromatic ring is 1. The van der Waals surface area contributed by atoms with E-state index < -0.39 is 11.0 Å². The highest BCUT2D eigenvalue weighted by Crippen LogP contribution is 2.31. The van der Waals surface area contributed by atoms with Crippen molar-refractivity contribution in [2.45, 2.75) is 12.5 Å². The average molecular weight is 430 g/mol. The number of nitrogens with two attached hydrogens (primary N) is 1. The van der Waals surface area contributed by atoms with Gasteiger partial charge >= 0.3 is 0 Å². The van der Waals surface area contributed by atoms with Gasteiger partial charge in [0, 0.05) is 28.1 Å². The minimum Gasteiger partial charge on any atom is -0.506 e. The monoisotopic (exact) mass is 428 g/mol. The molecule has 0 saturated carbocycles. The molecule has 1 aromatic heterocycles. The predicted molar refractivity (Wildman–Crippen MR) is 107 cm³/mol. The van der Waals surface area contributed by atoms with Crippen molar-refractivity contribution in [3.8, 4) is 17.0 Å². The van der Waals surface area contributed by atoms with Crippen LogP contribution in [0, 0.1) is 10.1 Å². The number of aromatic hydroxyl groups is 1. The van der Waals surface area contributed by atoms with Crippen molar-refractivity contribution >= 4 is 41.3 Å². The molecule has 2 aromatic carbocycles. The molecule has 0 amide bonds. The first-order valence-electron chi connectivity index (χ1n) is 7.56. The summed E-state index contributed by atoms with van der Waals surface area (Å²) in [4.78, 5) is 18.3. The first-order chi connectivity index (χ1) is 12.3. The molecule has 0 aliphatic carbocycles. The molecule has 4 N–H and O–H groups in total. The number of phenols is 1. The highest BCUT2D eigenvalue weighted by atomic mass is 35.5. The largest absolute Gasteiger partial charge is 0.506 e. The van der Waals surface area contributed by atoms with Crippen molar-refractivity contribution in [3.05, 3.63) is 74.1 Å². The Balaban J connectivity index is 0.00000261. The van der Waals surface area contributed by atoms with E-state index in [-0.39, 0.29) is 36.1 Å². The number of hydrogen-bond donors (Lipinski definition) is 3. The van der Waals surface area contributed by atoms with E-state index in [1.54, 1.807) is 30.5 Å². The molecule has 0 radical (unpaired) electrons. The molecule has 10 heteroatoms. The number of rotatable bonds is 5. The third kappa shape index (κ3) is 4.63. The molecule has 3 rings (SSSR count). The van der Waals surface area contributed by atoms with E-state index in [2.05, 4.69) is 9.97 Å². The van der Waals surface area contributed by atoms with E-state index in [0.29, 0.717) is 26.9 Å². The van der Waals surface area contributed by atoms with Crippen LogP contribution in [-0.4, -0.2) is 20.0 Å². The van der Waals surface area contributed by atoms with E-state index in [4.69, 9.17) is 28.9 Å². The van der Waals surface area contributed by atoms with Crippen LogP contribution in [0.2, 0.25) is 10.0 Å². The van der Waals surface area contributed by atoms with Crippen LogP contribution in [0.4, 0.5) is 5.69 Å². The van der Waals surface area contributed by atoms with Crippen molar-refractivity contribution in [3.63, 3.8) is 0 Å². The number of halogens is 3. The van der Waals surface area contributed by atoms with Gasteiger partial charge in [-0.05, 0) is 35.9 Å². The van der Waals surface area contributed by atoms with Gasteiger partial charge in [-0.25, -0.2) is 4.98 Å². The molecule has 7 nitrogen and oxygen atoms in total. The van der Waals surface area contributed by atoms with Gasteiger partial charge in [-0.1, -0.05) is 29.3 Å². The number of aromatic amines is 1. The van der Waals surface area contributed by atoms with Gasteiger partial charge in [0.05, 0.1) is 16.4 Å². The maximum absolute atomic E-state index is 11.5. The normalized spacial score (nSPS) is 11.6.